The summed E-state index contributed by atoms with van der Waals surface area (Å²) in [6.07, 6.45) is 1.42. The Morgan fingerprint density at radius 2 is 1.95 bits per heavy atom. The lowest BCUT2D eigenvalue weighted by Gasteiger charge is -2.33. The summed E-state index contributed by atoms with van der Waals surface area (Å²) < 4.78 is 11.1. The summed E-state index contributed by atoms with van der Waals surface area (Å²) >= 11 is 0. The van der Waals surface area contributed by atoms with Gasteiger partial charge in [-0.15, -0.1) is 0 Å². The number of fused-ring (bicyclic) bond motifs is 1. The maximum Gasteiger partial charge on any atom is 0.310 e. The molecule has 38 heavy (non-hydrogen) atoms. The molecule has 1 amide bonds. The lowest BCUT2D eigenvalue weighted by Crippen LogP contribution is -2.43. The van der Waals surface area contributed by atoms with Gasteiger partial charge in [-0.1, -0.05) is 30.3 Å². The van der Waals surface area contributed by atoms with E-state index in [4.69, 9.17) is 9.47 Å². The monoisotopic (exact) mass is 513 g/mol. The molecule has 0 radical (unpaired) electrons. The molecule has 0 saturated carbocycles. The highest BCUT2D eigenvalue weighted by atomic mass is 16.5. The number of nitrogens with one attached hydrogen (secondary N) is 2. The third-order valence-electron chi connectivity index (χ3n) is 6.79. The fourth-order valence-electron chi connectivity index (χ4n) is 5.03. The summed E-state index contributed by atoms with van der Waals surface area (Å²) in [6.45, 7) is 3.00. The number of hydrogen-bond donors (Lipinski definition) is 2. The largest absolute Gasteiger partial charge is 0.466 e. The Balaban J connectivity index is 1.50. The molecule has 5 rings (SSSR count). The van der Waals surface area contributed by atoms with Crippen molar-refractivity contribution in [3.8, 4) is 17.6 Å². The van der Waals surface area contributed by atoms with Gasteiger partial charge in [0.1, 0.15) is 23.2 Å². The first kappa shape index (κ1) is 25.0. The molecule has 3 unspecified atom stereocenters. The summed E-state index contributed by atoms with van der Waals surface area (Å²) in [5.41, 5.74) is 0.333. The van der Waals surface area contributed by atoms with E-state index in [-0.39, 0.29) is 29.2 Å². The number of nitrogens with zero attached hydrogens (tertiary/aromatic N) is 3. The van der Waals surface area contributed by atoms with Crippen LogP contribution in [0.5, 0.6) is 11.5 Å². The van der Waals surface area contributed by atoms with Gasteiger partial charge >= 0.3 is 5.97 Å². The van der Waals surface area contributed by atoms with Crippen LogP contribution in [0.4, 0.5) is 11.8 Å². The van der Waals surface area contributed by atoms with Gasteiger partial charge in [0.15, 0.2) is 0 Å². The first-order valence-corrected chi connectivity index (χ1v) is 12.6. The molecular formula is C28H27N5O5. The van der Waals surface area contributed by atoms with Crippen molar-refractivity contribution in [1.29, 1.82) is 5.26 Å². The van der Waals surface area contributed by atoms with Crippen molar-refractivity contribution in [1.82, 2.24) is 9.97 Å². The Bertz CT molecular complexity index is 1450. The summed E-state index contributed by atoms with van der Waals surface area (Å²) in [5, 5.41) is 12.5. The Morgan fingerprint density at radius 1 is 1.16 bits per heavy atom. The molecule has 2 N–H and O–H groups in total. The first-order valence-electron chi connectivity index (χ1n) is 12.6. The molecular weight excluding hydrogens is 486 g/mol. The van der Waals surface area contributed by atoms with Crippen LogP contribution in [0.15, 0.2) is 59.4 Å². The van der Waals surface area contributed by atoms with E-state index in [1.54, 1.807) is 31.2 Å². The predicted molar refractivity (Wildman–Crippen MR) is 139 cm³/mol. The molecule has 1 fully saturated rings. The molecule has 194 valence electrons. The Morgan fingerprint density at radius 3 is 2.71 bits per heavy atom. The van der Waals surface area contributed by atoms with Gasteiger partial charge in [-0.3, -0.25) is 19.4 Å². The SMILES string of the molecule is CCOC(=O)C1CCCN(c2nc3c(c(=O)[nH]2)C(c2cccc(Oc4ccccc4)c2)C(C#N)C(=O)N3)C1. The lowest BCUT2D eigenvalue weighted by atomic mass is 9.79. The van der Waals surface area contributed by atoms with Gasteiger partial charge < -0.3 is 19.7 Å². The zero-order chi connectivity index (χ0) is 26.6. The number of para-hydroxylation sites is 1. The minimum atomic E-state index is -1.13. The molecule has 10 nitrogen and oxygen atoms in total. The number of aromatic nitrogens is 2. The van der Waals surface area contributed by atoms with E-state index in [0.29, 0.717) is 43.2 Å². The van der Waals surface area contributed by atoms with Crippen molar-refractivity contribution in [2.24, 2.45) is 11.8 Å². The minimum absolute atomic E-state index is 0.109. The highest BCUT2D eigenvalue weighted by Gasteiger charge is 2.41. The number of piperidine rings is 1. The van der Waals surface area contributed by atoms with Crippen LogP contribution in [0.1, 0.15) is 36.8 Å². The average molecular weight is 514 g/mol. The second-order valence-corrected chi connectivity index (χ2v) is 9.25. The van der Waals surface area contributed by atoms with E-state index in [1.807, 2.05) is 35.2 Å². The lowest BCUT2D eigenvalue weighted by molar-refractivity contribution is -0.148. The zero-order valence-corrected chi connectivity index (χ0v) is 20.8. The number of rotatable bonds is 6. The van der Waals surface area contributed by atoms with Crippen molar-refractivity contribution in [3.63, 3.8) is 0 Å². The van der Waals surface area contributed by atoms with Gasteiger partial charge in [-0.05, 0) is 49.6 Å². The smallest absolute Gasteiger partial charge is 0.310 e. The second-order valence-electron chi connectivity index (χ2n) is 9.25. The summed E-state index contributed by atoms with van der Waals surface area (Å²) in [7, 11) is 0. The number of carbonyl (C=O) groups excluding carboxylic acids is 2. The number of anilines is 2. The van der Waals surface area contributed by atoms with Crippen molar-refractivity contribution in [2.45, 2.75) is 25.7 Å². The van der Waals surface area contributed by atoms with E-state index in [2.05, 4.69) is 21.4 Å². The maximum absolute atomic E-state index is 13.5. The molecule has 3 heterocycles. The van der Waals surface area contributed by atoms with Crippen LogP contribution < -0.4 is 20.5 Å². The maximum atomic E-state index is 13.5. The molecule has 3 atom stereocenters. The number of aromatic amines is 1. The molecule has 0 bridgehead atoms. The summed E-state index contributed by atoms with van der Waals surface area (Å²) in [5.74, 6) is -1.61. The van der Waals surface area contributed by atoms with Crippen LogP contribution >= 0.6 is 0 Å². The van der Waals surface area contributed by atoms with Gasteiger partial charge in [-0.25, -0.2) is 0 Å². The number of amides is 1. The van der Waals surface area contributed by atoms with E-state index >= 15 is 0 Å². The molecule has 2 aliphatic heterocycles. The van der Waals surface area contributed by atoms with Gasteiger partial charge in [0.05, 0.1) is 24.2 Å². The number of H-pyrrole nitrogens is 1. The number of benzene rings is 2. The fourth-order valence-corrected chi connectivity index (χ4v) is 5.03. The predicted octanol–water partition coefficient (Wildman–Crippen LogP) is 3.57. The highest BCUT2D eigenvalue weighted by Crippen LogP contribution is 2.39. The standard InChI is InChI=1S/C28H27N5O5/c1-2-37-27(36)18-9-7-13-33(16-18)28-31-24-23(26(35)32-28)22(21(15-29)25(34)30-24)17-8-6-12-20(14-17)38-19-10-4-3-5-11-19/h3-6,8,10-12,14,18,21-22H,2,7,9,13,16H2,1H3,(H2,30,31,32,34,35). The van der Waals surface area contributed by atoms with Crippen molar-refractivity contribution >= 4 is 23.6 Å². The van der Waals surface area contributed by atoms with Crippen LogP contribution in [-0.4, -0.2) is 41.5 Å². The van der Waals surface area contributed by atoms with E-state index in [1.165, 1.54) is 0 Å². The van der Waals surface area contributed by atoms with Crippen molar-refractivity contribution in [2.75, 3.05) is 29.9 Å². The van der Waals surface area contributed by atoms with Crippen molar-refractivity contribution in [3.05, 3.63) is 76.1 Å². The zero-order valence-electron chi connectivity index (χ0n) is 20.8. The molecule has 0 spiro atoms. The number of hydrogen-bond acceptors (Lipinski definition) is 8. The van der Waals surface area contributed by atoms with Gasteiger partial charge in [0, 0.05) is 19.0 Å². The fraction of sp³-hybridized carbons (Fsp3) is 0.321. The molecule has 1 saturated heterocycles. The van der Waals surface area contributed by atoms with Crippen LogP contribution in [0.2, 0.25) is 0 Å². The Hall–Kier alpha value is -4.65. The molecule has 2 aliphatic rings. The summed E-state index contributed by atoms with van der Waals surface area (Å²) in [6, 6.07) is 18.3. The first-order chi connectivity index (χ1) is 18.5. The highest BCUT2D eigenvalue weighted by molar-refractivity contribution is 5.98. The number of ether oxygens (including phenoxy) is 2. The molecule has 3 aromatic rings. The second kappa shape index (κ2) is 10.8. The Kier molecular flexibility index (Phi) is 7.09. The van der Waals surface area contributed by atoms with Crippen LogP contribution in [0, 0.1) is 23.2 Å². The molecule has 1 aromatic heterocycles. The van der Waals surface area contributed by atoms with Gasteiger partial charge in [0.25, 0.3) is 5.56 Å². The number of carbonyl (C=O) groups is 2. The molecule has 0 aliphatic carbocycles. The third-order valence-corrected chi connectivity index (χ3v) is 6.79. The van der Waals surface area contributed by atoms with E-state index in [9.17, 15) is 19.6 Å². The van der Waals surface area contributed by atoms with Crippen molar-refractivity contribution < 1.29 is 19.1 Å². The third kappa shape index (κ3) is 4.95. The van der Waals surface area contributed by atoms with E-state index < -0.39 is 23.3 Å². The quantitative estimate of drug-likeness (QED) is 0.477. The average Bonchev–Trinajstić information content (AvgIpc) is 2.93. The van der Waals surface area contributed by atoms with Crippen LogP contribution in [-0.2, 0) is 14.3 Å². The topological polar surface area (TPSA) is 137 Å². The molecule has 10 heteroatoms. The van der Waals surface area contributed by atoms with Crippen LogP contribution in [0.25, 0.3) is 0 Å². The normalized spacial score (nSPS) is 20.6. The van der Waals surface area contributed by atoms with E-state index in [0.717, 1.165) is 6.42 Å². The Labute approximate surface area is 219 Å². The number of esters is 1. The minimum Gasteiger partial charge on any atom is -0.466 e. The van der Waals surface area contributed by atoms with Gasteiger partial charge in [0.2, 0.25) is 11.9 Å². The van der Waals surface area contributed by atoms with Gasteiger partial charge in [-0.2, -0.15) is 10.2 Å². The summed E-state index contributed by atoms with van der Waals surface area (Å²) in [4.78, 5) is 47.9. The molecule has 2 aromatic carbocycles. The number of nitriles is 1. The van der Waals surface area contributed by atoms with Crippen LogP contribution in [0.3, 0.4) is 0 Å².